The van der Waals surface area contributed by atoms with E-state index in [9.17, 15) is 18.0 Å². The maximum atomic E-state index is 11.9. The second-order valence-electron chi connectivity index (χ2n) is 5.03. The molecule has 2 nitrogen and oxygen atoms in total. The Morgan fingerprint density at radius 2 is 2.00 bits per heavy atom. The zero-order valence-corrected chi connectivity index (χ0v) is 9.02. The standard InChI is InChI=1S/C11H16F3NO/c12-11(13,14)6-15-10(16)5-9-4-7-1-2-8(9)3-7/h7-9H,1-6H2,(H,15,16)/t7-,8-,9-/m0/s1. The monoisotopic (exact) mass is 235 g/mol. The van der Waals surface area contributed by atoms with Gasteiger partial charge in [0.1, 0.15) is 6.54 Å². The molecule has 0 radical (unpaired) electrons. The number of fused-ring (bicyclic) bond motifs is 2. The second kappa shape index (κ2) is 4.26. The first-order valence-electron chi connectivity index (χ1n) is 5.77. The number of nitrogens with one attached hydrogen (secondary N) is 1. The predicted molar refractivity (Wildman–Crippen MR) is 52.6 cm³/mol. The number of halogens is 3. The molecule has 3 atom stereocenters. The van der Waals surface area contributed by atoms with E-state index in [1.54, 1.807) is 0 Å². The van der Waals surface area contributed by atoms with Crippen molar-refractivity contribution in [3.63, 3.8) is 0 Å². The number of carbonyl (C=O) groups is 1. The third-order valence-corrected chi connectivity index (χ3v) is 3.82. The first kappa shape index (κ1) is 11.7. The van der Waals surface area contributed by atoms with Crippen molar-refractivity contribution in [2.75, 3.05) is 6.54 Å². The maximum Gasteiger partial charge on any atom is 0.405 e. The average molecular weight is 235 g/mol. The van der Waals surface area contributed by atoms with E-state index in [0.29, 0.717) is 11.8 Å². The van der Waals surface area contributed by atoms with Gasteiger partial charge in [-0.15, -0.1) is 0 Å². The third-order valence-electron chi connectivity index (χ3n) is 3.82. The maximum absolute atomic E-state index is 11.9. The van der Waals surface area contributed by atoms with Crippen LogP contribution < -0.4 is 5.32 Å². The SMILES string of the molecule is O=C(C[C@@H]1C[C@H]2CC[C@H]1C2)NCC(F)(F)F. The molecule has 5 heteroatoms. The minimum atomic E-state index is -4.30. The van der Waals surface area contributed by atoms with Crippen LogP contribution in [0.1, 0.15) is 32.1 Å². The fourth-order valence-corrected chi connectivity index (χ4v) is 3.14. The lowest BCUT2D eigenvalue weighted by atomic mass is 9.86. The van der Waals surface area contributed by atoms with Gasteiger partial charge in [0.15, 0.2) is 0 Å². The highest BCUT2D eigenvalue weighted by Gasteiger charge is 2.40. The largest absolute Gasteiger partial charge is 0.405 e. The van der Waals surface area contributed by atoms with Crippen LogP contribution in [0.25, 0.3) is 0 Å². The molecule has 2 saturated carbocycles. The molecule has 0 unspecified atom stereocenters. The lowest BCUT2D eigenvalue weighted by molar-refractivity contribution is -0.139. The second-order valence-corrected chi connectivity index (χ2v) is 5.03. The summed E-state index contributed by atoms with van der Waals surface area (Å²) in [6, 6.07) is 0. The molecule has 0 saturated heterocycles. The van der Waals surface area contributed by atoms with Crippen LogP contribution in [0.2, 0.25) is 0 Å². The quantitative estimate of drug-likeness (QED) is 0.800. The summed E-state index contributed by atoms with van der Waals surface area (Å²) in [6.45, 7) is -1.20. The van der Waals surface area contributed by atoms with Crippen molar-refractivity contribution in [2.24, 2.45) is 17.8 Å². The number of carbonyl (C=O) groups excluding carboxylic acids is 1. The molecule has 0 aliphatic heterocycles. The first-order chi connectivity index (χ1) is 7.44. The Morgan fingerprint density at radius 1 is 1.25 bits per heavy atom. The van der Waals surface area contributed by atoms with Crippen LogP contribution in [0.5, 0.6) is 0 Å². The molecule has 0 aromatic rings. The molecule has 0 aromatic heterocycles. The minimum Gasteiger partial charge on any atom is -0.347 e. The van der Waals surface area contributed by atoms with Gasteiger partial charge < -0.3 is 5.32 Å². The van der Waals surface area contributed by atoms with Crippen LogP contribution in [0.3, 0.4) is 0 Å². The van der Waals surface area contributed by atoms with Crippen molar-refractivity contribution in [1.82, 2.24) is 5.32 Å². The predicted octanol–water partition coefficient (Wildman–Crippen LogP) is 2.49. The van der Waals surface area contributed by atoms with E-state index in [1.807, 2.05) is 5.32 Å². The molecule has 2 rings (SSSR count). The summed E-state index contributed by atoms with van der Waals surface area (Å²) < 4.78 is 35.6. The Hall–Kier alpha value is -0.740. The Kier molecular flexibility index (Phi) is 3.13. The van der Waals surface area contributed by atoms with E-state index in [2.05, 4.69) is 0 Å². The number of hydrogen-bond acceptors (Lipinski definition) is 1. The number of alkyl halides is 3. The Bertz CT molecular complexity index is 277. The number of amides is 1. The van der Waals surface area contributed by atoms with Crippen LogP contribution >= 0.6 is 0 Å². The van der Waals surface area contributed by atoms with Gasteiger partial charge in [-0.1, -0.05) is 6.42 Å². The van der Waals surface area contributed by atoms with Gasteiger partial charge in [-0.05, 0) is 37.0 Å². The molecule has 0 spiro atoms. The molecular weight excluding hydrogens is 219 g/mol. The number of hydrogen-bond donors (Lipinski definition) is 1. The lowest BCUT2D eigenvalue weighted by Crippen LogP contribution is -2.35. The zero-order chi connectivity index (χ0) is 11.8. The van der Waals surface area contributed by atoms with E-state index in [0.717, 1.165) is 18.8 Å². The van der Waals surface area contributed by atoms with Gasteiger partial charge in [0.2, 0.25) is 5.91 Å². The molecule has 2 fully saturated rings. The topological polar surface area (TPSA) is 29.1 Å². The van der Waals surface area contributed by atoms with Crippen LogP contribution in [-0.4, -0.2) is 18.6 Å². The lowest BCUT2D eigenvalue weighted by Gasteiger charge is -2.21. The summed E-state index contributed by atoms with van der Waals surface area (Å²) in [5.74, 6) is 1.19. The van der Waals surface area contributed by atoms with Crippen molar-refractivity contribution in [3.05, 3.63) is 0 Å². The van der Waals surface area contributed by atoms with Gasteiger partial charge in [0.25, 0.3) is 0 Å². The molecular formula is C11H16F3NO. The molecule has 2 bridgehead atoms. The Morgan fingerprint density at radius 3 is 2.50 bits per heavy atom. The van der Waals surface area contributed by atoms with Gasteiger partial charge >= 0.3 is 6.18 Å². The van der Waals surface area contributed by atoms with Crippen molar-refractivity contribution < 1.29 is 18.0 Å². The van der Waals surface area contributed by atoms with Crippen molar-refractivity contribution in [2.45, 2.75) is 38.3 Å². The van der Waals surface area contributed by atoms with Crippen molar-refractivity contribution >= 4 is 5.91 Å². The molecule has 1 amide bonds. The van der Waals surface area contributed by atoms with E-state index < -0.39 is 18.6 Å². The average Bonchev–Trinajstić information content (AvgIpc) is 2.75. The van der Waals surface area contributed by atoms with Gasteiger partial charge in [0, 0.05) is 6.42 Å². The summed E-state index contributed by atoms with van der Waals surface area (Å²) >= 11 is 0. The van der Waals surface area contributed by atoms with Crippen molar-refractivity contribution in [3.8, 4) is 0 Å². The summed E-state index contributed by atoms with van der Waals surface area (Å²) in [6.07, 6.45) is 0.579. The number of rotatable bonds is 3. The van der Waals surface area contributed by atoms with Gasteiger partial charge in [-0.25, -0.2) is 0 Å². The van der Waals surface area contributed by atoms with Gasteiger partial charge in [-0.3, -0.25) is 4.79 Å². The van der Waals surface area contributed by atoms with Crippen molar-refractivity contribution in [1.29, 1.82) is 0 Å². The van der Waals surface area contributed by atoms with Crippen LogP contribution in [-0.2, 0) is 4.79 Å². The van der Waals surface area contributed by atoms with Gasteiger partial charge in [-0.2, -0.15) is 13.2 Å². The van der Waals surface area contributed by atoms with E-state index >= 15 is 0 Å². The van der Waals surface area contributed by atoms with Crippen LogP contribution in [0.15, 0.2) is 0 Å². The highest BCUT2D eigenvalue weighted by molar-refractivity contribution is 5.76. The molecule has 0 heterocycles. The third kappa shape index (κ3) is 2.89. The Balaban J connectivity index is 1.72. The molecule has 2 aliphatic rings. The Labute approximate surface area is 92.6 Å². The summed E-state index contributed by atoms with van der Waals surface area (Å²) in [5, 5.41) is 1.95. The molecule has 16 heavy (non-hydrogen) atoms. The highest BCUT2D eigenvalue weighted by Crippen LogP contribution is 2.49. The van der Waals surface area contributed by atoms with Crippen LogP contribution in [0, 0.1) is 17.8 Å². The molecule has 2 aliphatic carbocycles. The first-order valence-corrected chi connectivity index (χ1v) is 5.77. The van der Waals surface area contributed by atoms with Gasteiger partial charge in [0.05, 0.1) is 0 Å². The fourth-order valence-electron chi connectivity index (χ4n) is 3.14. The van der Waals surface area contributed by atoms with E-state index in [4.69, 9.17) is 0 Å². The zero-order valence-electron chi connectivity index (χ0n) is 9.02. The summed E-state index contributed by atoms with van der Waals surface area (Å²) in [5.41, 5.74) is 0. The van der Waals surface area contributed by atoms with E-state index in [1.165, 1.54) is 12.8 Å². The summed E-state index contributed by atoms with van der Waals surface area (Å²) in [7, 11) is 0. The highest BCUT2D eigenvalue weighted by atomic mass is 19.4. The fraction of sp³-hybridized carbons (Fsp3) is 0.909. The molecule has 0 aromatic carbocycles. The summed E-state index contributed by atoms with van der Waals surface area (Å²) in [4.78, 5) is 11.3. The van der Waals surface area contributed by atoms with E-state index in [-0.39, 0.29) is 6.42 Å². The minimum absolute atomic E-state index is 0.275. The molecule has 92 valence electrons. The van der Waals surface area contributed by atoms with Crippen LogP contribution in [0.4, 0.5) is 13.2 Å². The molecule has 1 N–H and O–H groups in total. The normalized spacial score (nSPS) is 33.1. The smallest absolute Gasteiger partial charge is 0.347 e.